The maximum Gasteiger partial charge on any atom is 0.191 e. The molecule has 1 rings (SSSR count). The molecule has 1 fully saturated rings. The summed E-state index contributed by atoms with van der Waals surface area (Å²) >= 11 is 0. The van der Waals surface area contributed by atoms with Gasteiger partial charge in [-0.05, 0) is 20.3 Å². The minimum Gasteiger partial charge on any atom is -0.394 e. The molecule has 6 nitrogen and oxygen atoms in total. The van der Waals surface area contributed by atoms with Crippen molar-refractivity contribution in [2.75, 3.05) is 39.5 Å². The van der Waals surface area contributed by atoms with E-state index in [0.29, 0.717) is 25.7 Å². The predicted molar refractivity (Wildman–Crippen MR) is 86.3 cm³/mol. The zero-order valence-electron chi connectivity index (χ0n) is 11.7. The van der Waals surface area contributed by atoms with Crippen LogP contribution < -0.4 is 10.6 Å². The van der Waals surface area contributed by atoms with Crippen molar-refractivity contribution in [1.29, 1.82) is 0 Å². The van der Waals surface area contributed by atoms with Gasteiger partial charge in [-0.1, -0.05) is 0 Å². The van der Waals surface area contributed by atoms with E-state index < -0.39 is 0 Å². The molecular formula is C12H26IN3O3. The molecule has 3 N–H and O–H groups in total. The molecule has 1 heterocycles. The van der Waals surface area contributed by atoms with Gasteiger partial charge >= 0.3 is 0 Å². The predicted octanol–water partition coefficient (Wildman–Crippen LogP) is 0.346. The van der Waals surface area contributed by atoms with Crippen LogP contribution in [0.2, 0.25) is 0 Å². The normalized spacial score (nSPS) is 20.8. The summed E-state index contributed by atoms with van der Waals surface area (Å²) in [7, 11) is 0. The Balaban J connectivity index is 0.00000324. The second-order valence-corrected chi connectivity index (χ2v) is 4.35. The second-order valence-electron chi connectivity index (χ2n) is 4.35. The Morgan fingerprint density at radius 2 is 2.37 bits per heavy atom. The number of aliphatic hydroxyl groups is 1. The lowest BCUT2D eigenvalue weighted by atomic mass is 10.3. The van der Waals surface area contributed by atoms with Gasteiger partial charge in [-0.2, -0.15) is 0 Å². The van der Waals surface area contributed by atoms with E-state index in [1.54, 1.807) is 0 Å². The quantitative estimate of drug-likeness (QED) is 0.334. The van der Waals surface area contributed by atoms with Gasteiger partial charge in [0.2, 0.25) is 0 Å². The summed E-state index contributed by atoms with van der Waals surface area (Å²) in [6.45, 7) is 7.42. The van der Waals surface area contributed by atoms with E-state index in [-0.39, 0.29) is 42.7 Å². The first-order valence-electron chi connectivity index (χ1n) is 6.61. The van der Waals surface area contributed by atoms with Gasteiger partial charge in [-0.15, -0.1) is 24.0 Å². The topological polar surface area (TPSA) is 75.1 Å². The molecule has 0 bridgehead atoms. The molecule has 0 amide bonds. The molecule has 1 aliphatic rings. The highest BCUT2D eigenvalue weighted by molar-refractivity contribution is 14.0. The van der Waals surface area contributed by atoms with Gasteiger partial charge in [-0.3, -0.25) is 4.99 Å². The maximum atomic E-state index is 8.76. The van der Waals surface area contributed by atoms with Gasteiger partial charge < -0.3 is 25.2 Å². The van der Waals surface area contributed by atoms with Crippen LogP contribution in [0.3, 0.4) is 0 Å². The minimum atomic E-state index is 0. The first-order valence-corrected chi connectivity index (χ1v) is 6.61. The molecule has 114 valence electrons. The zero-order chi connectivity index (χ0) is 13.2. The lowest BCUT2D eigenvalue weighted by Crippen LogP contribution is -2.44. The minimum absolute atomic E-state index is 0. The molecule has 0 spiro atoms. The van der Waals surface area contributed by atoms with Crippen LogP contribution in [0.5, 0.6) is 0 Å². The van der Waals surface area contributed by atoms with Gasteiger partial charge in [0.15, 0.2) is 5.96 Å². The summed E-state index contributed by atoms with van der Waals surface area (Å²) in [5.41, 5.74) is 0. The fourth-order valence-electron chi connectivity index (χ4n) is 1.68. The molecule has 0 aliphatic carbocycles. The van der Waals surface area contributed by atoms with E-state index in [9.17, 15) is 0 Å². The summed E-state index contributed by atoms with van der Waals surface area (Å²) in [6.07, 6.45) is 1.21. The lowest BCUT2D eigenvalue weighted by Gasteiger charge is -2.19. The number of ether oxygens (including phenoxy) is 2. The van der Waals surface area contributed by atoms with E-state index in [2.05, 4.69) is 15.6 Å². The number of rotatable bonds is 7. The average molecular weight is 387 g/mol. The molecule has 7 heteroatoms. The molecule has 1 aliphatic heterocycles. The van der Waals surface area contributed by atoms with E-state index in [0.717, 1.165) is 19.6 Å². The Morgan fingerprint density at radius 1 is 1.58 bits per heavy atom. The Bertz CT molecular complexity index is 248. The second kappa shape index (κ2) is 11.7. The third-order valence-electron chi connectivity index (χ3n) is 2.57. The Morgan fingerprint density at radius 3 is 2.95 bits per heavy atom. The van der Waals surface area contributed by atoms with Crippen LogP contribution in [-0.4, -0.2) is 62.7 Å². The summed E-state index contributed by atoms with van der Waals surface area (Å²) in [5, 5.41) is 15.1. The number of guanidine groups is 1. The molecule has 1 saturated heterocycles. The highest BCUT2D eigenvalue weighted by Gasteiger charge is 2.17. The fraction of sp³-hybridized carbons (Fsp3) is 0.917. The molecule has 0 saturated carbocycles. The molecule has 0 aromatic carbocycles. The molecule has 0 aromatic heterocycles. The van der Waals surface area contributed by atoms with Crippen LogP contribution in [0, 0.1) is 0 Å². The largest absolute Gasteiger partial charge is 0.394 e. The zero-order valence-corrected chi connectivity index (χ0v) is 14.1. The first-order chi connectivity index (χ1) is 8.76. The van der Waals surface area contributed by atoms with Crippen LogP contribution in [0.25, 0.3) is 0 Å². The van der Waals surface area contributed by atoms with Gasteiger partial charge in [0.25, 0.3) is 0 Å². The van der Waals surface area contributed by atoms with Crippen molar-refractivity contribution in [3.63, 3.8) is 0 Å². The van der Waals surface area contributed by atoms with E-state index in [1.165, 1.54) is 0 Å². The van der Waals surface area contributed by atoms with Crippen molar-refractivity contribution in [1.82, 2.24) is 10.6 Å². The van der Waals surface area contributed by atoms with Crippen molar-refractivity contribution in [3.8, 4) is 0 Å². The van der Waals surface area contributed by atoms with Gasteiger partial charge in [-0.25, -0.2) is 0 Å². The number of hydrogen-bond acceptors (Lipinski definition) is 4. The number of hydrogen-bond donors (Lipinski definition) is 3. The van der Waals surface area contributed by atoms with E-state index in [4.69, 9.17) is 14.6 Å². The lowest BCUT2D eigenvalue weighted by molar-refractivity contribution is 0.0347. The molecule has 0 radical (unpaired) electrons. The Labute approximate surface area is 132 Å². The summed E-state index contributed by atoms with van der Waals surface area (Å²) in [4.78, 5) is 4.22. The Kier molecular flexibility index (Phi) is 11.6. The van der Waals surface area contributed by atoms with Crippen molar-refractivity contribution >= 4 is 29.9 Å². The fourth-order valence-corrected chi connectivity index (χ4v) is 1.68. The van der Waals surface area contributed by atoms with Gasteiger partial charge in [0.05, 0.1) is 32.5 Å². The van der Waals surface area contributed by atoms with E-state index in [1.807, 2.05) is 13.8 Å². The third-order valence-corrected chi connectivity index (χ3v) is 2.57. The average Bonchev–Trinajstić information content (AvgIpc) is 2.87. The van der Waals surface area contributed by atoms with E-state index >= 15 is 0 Å². The Hall–Kier alpha value is -0.120. The summed E-state index contributed by atoms with van der Waals surface area (Å²) in [6, 6.07) is 0.169. The van der Waals surface area contributed by atoms with Crippen LogP contribution >= 0.6 is 24.0 Å². The highest BCUT2D eigenvalue weighted by Crippen LogP contribution is 2.08. The number of aliphatic imine (C=N–C) groups is 1. The van der Waals surface area contributed by atoms with Crippen molar-refractivity contribution in [2.45, 2.75) is 32.4 Å². The molecular weight excluding hydrogens is 361 g/mol. The molecule has 0 aromatic rings. The standard InChI is InChI=1S/C12H25N3O3.HI/c1-3-13-12(14-5-6-16)15-10(2)8-18-11-4-7-17-9-11;/h10-11,16H,3-9H2,1-2H3,(H2,13,14,15);1H. The van der Waals surface area contributed by atoms with Crippen LogP contribution in [0.15, 0.2) is 4.99 Å². The number of halogens is 1. The highest BCUT2D eigenvalue weighted by atomic mass is 127. The third kappa shape index (κ3) is 8.61. The van der Waals surface area contributed by atoms with Crippen LogP contribution in [0.1, 0.15) is 20.3 Å². The summed E-state index contributed by atoms with van der Waals surface area (Å²) in [5.74, 6) is 0.713. The number of nitrogens with zero attached hydrogens (tertiary/aromatic N) is 1. The smallest absolute Gasteiger partial charge is 0.191 e. The SMILES string of the molecule is CCNC(=NCCO)NC(C)COC1CCOC1.I. The van der Waals surface area contributed by atoms with Crippen LogP contribution in [0.4, 0.5) is 0 Å². The molecule has 19 heavy (non-hydrogen) atoms. The van der Waals surface area contributed by atoms with Crippen molar-refractivity contribution in [2.24, 2.45) is 4.99 Å². The molecule has 2 unspecified atom stereocenters. The molecule has 2 atom stereocenters. The summed E-state index contributed by atoms with van der Waals surface area (Å²) < 4.78 is 11.0. The maximum absolute atomic E-state index is 8.76. The first kappa shape index (κ1) is 18.9. The van der Waals surface area contributed by atoms with Gasteiger partial charge in [0, 0.05) is 19.2 Å². The number of aliphatic hydroxyl groups excluding tert-OH is 1. The monoisotopic (exact) mass is 387 g/mol. The van der Waals surface area contributed by atoms with Crippen LogP contribution in [-0.2, 0) is 9.47 Å². The van der Waals surface area contributed by atoms with Crippen molar-refractivity contribution in [3.05, 3.63) is 0 Å². The van der Waals surface area contributed by atoms with Crippen molar-refractivity contribution < 1.29 is 14.6 Å². The number of nitrogens with one attached hydrogen (secondary N) is 2. The van der Waals surface area contributed by atoms with Gasteiger partial charge in [0.1, 0.15) is 0 Å².